The highest BCUT2D eigenvalue weighted by molar-refractivity contribution is 6.04. The van der Waals surface area contributed by atoms with E-state index in [0.717, 1.165) is 6.42 Å². The Labute approximate surface area is 150 Å². The molecule has 0 spiro atoms. The van der Waals surface area contributed by atoms with Crippen LogP contribution in [0.1, 0.15) is 23.7 Å². The lowest BCUT2D eigenvalue weighted by atomic mass is 10.1. The molecule has 0 aliphatic rings. The molecule has 8 heteroatoms. The Balaban J connectivity index is 1.99. The lowest BCUT2D eigenvalue weighted by Gasteiger charge is -2.11. The summed E-state index contributed by atoms with van der Waals surface area (Å²) in [6.07, 6.45) is 0.803. The number of non-ortho nitro benzene ring substituents is 1. The van der Waals surface area contributed by atoms with Gasteiger partial charge in [-0.1, -0.05) is 25.1 Å². The number of nitro groups is 1. The van der Waals surface area contributed by atoms with Crippen LogP contribution in [-0.2, 0) is 4.79 Å². The first-order chi connectivity index (χ1) is 12.5. The van der Waals surface area contributed by atoms with Gasteiger partial charge in [0.05, 0.1) is 22.2 Å². The molecule has 0 atom stereocenters. The van der Waals surface area contributed by atoms with Crippen LogP contribution in [0.3, 0.4) is 0 Å². The molecule has 2 amide bonds. The van der Waals surface area contributed by atoms with Gasteiger partial charge in [-0.15, -0.1) is 0 Å². The fourth-order valence-corrected chi connectivity index (χ4v) is 2.15. The summed E-state index contributed by atoms with van der Waals surface area (Å²) in [4.78, 5) is 34.4. The number of benzene rings is 2. The van der Waals surface area contributed by atoms with Crippen molar-refractivity contribution in [1.29, 1.82) is 0 Å². The molecule has 2 aromatic carbocycles. The van der Waals surface area contributed by atoms with Crippen LogP contribution in [-0.4, -0.2) is 29.9 Å². The van der Waals surface area contributed by atoms with Crippen molar-refractivity contribution in [2.24, 2.45) is 0 Å². The highest BCUT2D eigenvalue weighted by Crippen LogP contribution is 2.19. The van der Waals surface area contributed by atoms with Crippen molar-refractivity contribution in [3.8, 4) is 5.75 Å². The van der Waals surface area contributed by atoms with Gasteiger partial charge in [-0.25, -0.2) is 0 Å². The van der Waals surface area contributed by atoms with E-state index in [9.17, 15) is 19.7 Å². The van der Waals surface area contributed by atoms with Crippen LogP contribution in [0.4, 0.5) is 11.4 Å². The summed E-state index contributed by atoms with van der Waals surface area (Å²) in [5.74, 6) is -0.544. The van der Waals surface area contributed by atoms with Gasteiger partial charge in [-0.2, -0.15) is 0 Å². The number of ether oxygens (including phenoxy) is 1. The van der Waals surface area contributed by atoms with Gasteiger partial charge in [0.1, 0.15) is 5.75 Å². The molecule has 0 saturated carbocycles. The molecule has 2 N–H and O–H groups in total. The van der Waals surface area contributed by atoms with E-state index in [0.29, 0.717) is 17.8 Å². The van der Waals surface area contributed by atoms with E-state index in [4.69, 9.17) is 4.74 Å². The van der Waals surface area contributed by atoms with E-state index in [2.05, 4.69) is 10.6 Å². The average molecular weight is 357 g/mol. The standard InChI is InChI=1S/C18H19N3O5/c1-2-10-19-18(23)15-8-3-4-9-16(15)20-17(22)12-26-14-7-5-6-13(11-14)21(24)25/h3-9,11H,2,10,12H2,1H3,(H,19,23)(H,20,22). The third kappa shape index (κ3) is 5.30. The maximum Gasteiger partial charge on any atom is 0.273 e. The molecule has 0 bridgehead atoms. The molecular weight excluding hydrogens is 338 g/mol. The van der Waals surface area contributed by atoms with Gasteiger partial charge in [0.15, 0.2) is 6.61 Å². The van der Waals surface area contributed by atoms with E-state index in [1.54, 1.807) is 24.3 Å². The molecule has 0 unspecified atom stereocenters. The zero-order valence-electron chi connectivity index (χ0n) is 14.2. The summed E-state index contributed by atoms with van der Waals surface area (Å²) in [5, 5.41) is 16.1. The molecule has 8 nitrogen and oxygen atoms in total. The fourth-order valence-electron chi connectivity index (χ4n) is 2.15. The number of anilines is 1. The van der Waals surface area contributed by atoms with Crippen LogP contribution in [0, 0.1) is 10.1 Å². The Bertz CT molecular complexity index is 807. The largest absolute Gasteiger partial charge is 0.484 e. The lowest BCUT2D eigenvalue weighted by molar-refractivity contribution is -0.384. The number of carbonyl (C=O) groups excluding carboxylic acids is 2. The number of nitrogens with zero attached hydrogens (tertiary/aromatic N) is 1. The number of hydrogen-bond donors (Lipinski definition) is 2. The van der Waals surface area contributed by atoms with Gasteiger partial charge in [-0.3, -0.25) is 19.7 Å². The summed E-state index contributed by atoms with van der Waals surface area (Å²) < 4.78 is 5.28. The molecule has 2 aromatic rings. The van der Waals surface area contributed by atoms with Crippen molar-refractivity contribution in [2.75, 3.05) is 18.5 Å². The van der Waals surface area contributed by atoms with Crippen LogP contribution in [0.2, 0.25) is 0 Å². The van der Waals surface area contributed by atoms with E-state index >= 15 is 0 Å². The maximum absolute atomic E-state index is 12.1. The number of carbonyl (C=O) groups is 2. The molecule has 0 heterocycles. The fraction of sp³-hybridized carbons (Fsp3) is 0.222. The average Bonchev–Trinajstić information content (AvgIpc) is 2.65. The Hall–Kier alpha value is -3.42. The Morgan fingerprint density at radius 3 is 2.65 bits per heavy atom. The van der Waals surface area contributed by atoms with Gasteiger partial charge >= 0.3 is 0 Å². The van der Waals surface area contributed by atoms with Crippen molar-refractivity contribution in [3.05, 3.63) is 64.2 Å². The number of para-hydroxylation sites is 1. The number of rotatable bonds is 8. The minimum atomic E-state index is -0.544. The number of nitro benzene ring substituents is 1. The van der Waals surface area contributed by atoms with Crippen molar-refractivity contribution >= 4 is 23.2 Å². The maximum atomic E-state index is 12.1. The third-order valence-electron chi connectivity index (χ3n) is 3.38. The van der Waals surface area contributed by atoms with E-state index in [1.165, 1.54) is 24.3 Å². The SMILES string of the molecule is CCCNC(=O)c1ccccc1NC(=O)COc1cccc([N+](=O)[O-])c1. The molecule has 0 aromatic heterocycles. The van der Waals surface area contributed by atoms with E-state index in [-0.39, 0.29) is 24.0 Å². The minimum absolute atomic E-state index is 0.124. The summed E-state index contributed by atoms with van der Waals surface area (Å²) in [6, 6.07) is 12.2. The van der Waals surface area contributed by atoms with Gasteiger partial charge in [-0.05, 0) is 24.6 Å². The zero-order valence-corrected chi connectivity index (χ0v) is 14.2. The number of nitrogens with one attached hydrogen (secondary N) is 2. The van der Waals surface area contributed by atoms with Gasteiger partial charge in [0.2, 0.25) is 0 Å². The number of amides is 2. The highest BCUT2D eigenvalue weighted by Gasteiger charge is 2.13. The molecule has 0 fully saturated rings. The second-order valence-electron chi connectivity index (χ2n) is 5.39. The predicted octanol–water partition coefficient (Wildman–Crippen LogP) is 2.75. The summed E-state index contributed by atoms with van der Waals surface area (Å²) in [7, 11) is 0. The van der Waals surface area contributed by atoms with E-state index in [1.807, 2.05) is 6.92 Å². The van der Waals surface area contributed by atoms with Crippen molar-refractivity contribution in [1.82, 2.24) is 5.32 Å². The molecule has 0 aliphatic heterocycles. The first kappa shape index (κ1) is 18.9. The van der Waals surface area contributed by atoms with Crippen LogP contribution in [0.5, 0.6) is 5.75 Å². The molecular formula is C18H19N3O5. The molecule has 0 radical (unpaired) electrons. The topological polar surface area (TPSA) is 111 Å². The summed E-state index contributed by atoms with van der Waals surface area (Å²) in [6.45, 7) is 2.14. The van der Waals surface area contributed by atoms with Crippen molar-refractivity contribution in [2.45, 2.75) is 13.3 Å². The first-order valence-electron chi connectivity index (χ1n) is 8.05. The van der Waals surface area contributed by atoms with Crippen LogP contribution in [0.15, 0.2) is 48.5 Å². The second-order valence-corrected chi connectivity index (χ2v) is 5.39. The molecule has 2 rings (SSSR count). The Morgan fingerprint density at radius 2 is 1.92 bits per heavy atom. The summed E-state index contributed by atoms with van der Waals surface area (Å²) in [5.41, 5.74) is 0.597. The predicted molar refractivity (Wildman–Crippen MR) is 96.3 cm³/mol. The lowest BCUT2D eigenvalue weighted by Crippen LogP contribution is -2.27. The summed E-state index contributed by atoms with van der Waals surface area (Å²) >= 11 is 0. The third-order valence-corrected chi connectivity index (χ3v) is 3.38. The molecule has 0 aliphatic carbocycles. The second kappa shape index (κ2) is 9.16. The first-order valence-corrected chi connectivity index (χ1v) is 8.05. The van der Waals surface area contributed by atoms with Gasteiger partial charge < -0.3 is 15.4 Å². The monoisotopic (exact) mass is 357 g/mol. The smallest absolute Gasteiger partial charge is 0.273 e. The number of hydrogen-bond acceptors (Lipinski definition) is 5. The van der Waals surface area contributed by atoms with Crippen LogP contribution < -0.4 is 15.4 Å². The minimum Gasteiger partial charge on any atom is -0.484 e. The molecule has 26 heavy (non-hydrogen) atoms. The van der Waals surface area contributed by atoms with Crippen molar-refractivity contribution in [3.63, 3.8) is 0 Å². The van der Waals surface area contributed by atoms with Crippen LogP contribution >= 0.6 is 0 Å². The highest BCUT2D eigenvalue weighted by atomic mass is 16.6. The van der Waals surface area contributed by atoms with E-state index < -0.39 is 10.8 Å². The quantitative estimate of drug-likeness (QED) is 0.557. The molecule has 136 valence electrons. The molecule has 0 saturated heterocycles. The van der Waals surface area contributed by atoms with Gasteiger partial charge in [0, 0.05) is 12.6 Å². The Morgan fingerprint density at radius 1 is 1.15 bits per heavy atom. The zero-order chi connectivity index (χ0) is 18.9. The van der Waals surface area contributed by atoms with Gasteiger partial charge in [0.25, 0.3) is 17.5 Å². The van der Waals surface area contributed by atoms with Crippen LogP contribution in [0.25, 0.3) is 0 Å². The van der Waals surface area contributed by atoms with Crippen molar-refractivity contribution < 1.29 is 19.2 Å². The normalized spacial score (nSPS) is 10.0. The Kier molecular flexibility index (Phi) is 6.67.